The molecule has 5 heteroatoms. The molecule has 18 heavy (non-hydrogen) atoms. The second-order valence-corrected chi connectivity index (χ2v) is 4.76. The van der Waals surface area contributed by atoms with Crippen molar-refractivity contribution in [2.24, 2.45) is 5.73 Å². The van der Waals surface area contributed by atoms with Crippen LogP contribution >= 0.6 is 15.9 Å². The second kappa shape index (κ2) is 5.12. The third kappa shape index (κ3) is 2.73. The molecular formula is C13H9BrF3N. The minimum Gasteiger partial charge on any atom is -0.320 e. The fraction of sp³-hybridized carbons (Fsp3) is 0.0769. The van der Waals surface area contributed by atoms with Crippen molar-refractivity contribution in [1.29, 1.82) is 0 Å². The van der Waals surface area contributed by atoms with Crippen molar-refractivity contribution < 1.29 is 13.2 Å². The summed E-state index contributed by atoms with van der Waals surface area (Å²) in [5, 5.41) is 0. The van der Waals surface area contributed by atoms with Gasteiger partial charge in [0.05, 0.1) is 6.04 Å². The first-order valence-electron chi connectivity index (χ1n) is 5.14. The molecule has 0 aliphatic heterocycles. The lowest BCUT2D eigenvalue weighted by Gasteiger charge is -2.14. The van der Waals surface area contributed by atoms with Crippen molar-refractivity contribution >= 4 is 15.9 Å². The third-order valence-corrected chi connectivity index (χ3v) is 3.00. The van der Waals surface area contributed by atoms with E-state index in [0.29, 0.717) is 10.0 Å². The fourth-order valence-electron chi connectivity index (χ4n) is 1.69. The van der Waals surface area contributed by atoms with Crippen LogP contribution in [0.1, 0.15) is 17.2 Å². The molecule has 2 rings (SSSR count). The minimum absolute atomic E-state index is 0.119. The maximum absolute atomic E-state index is 13.6. The van der Waals surface area contributed by atoms with Gasteiger partial charge < -0.3 is 5.73 Å². The maximum Gasteiger partial charge on any atom is 0.131 e. The Balaban J connectivity index is 2.44. The molecule has 1 nitrogen and oxygen atoms in total. The minimum atomic E-state index is -0.849. The zero-order valence-corrected chi connectivity index (χ0v) is 10.7. The van der Waals surface area contributed by atoms with Crippen molar-refractivity contribution in [1.82, 2.24) is 0 Å². The average Bonchev–Trinajstić information content (AvgIpc) is 2.26. The van der Waals surface area contributed by atoms with E-state index in [1.54, 1.807) is 6.07 Å². The predicted molar refractivity (Wildman–Crippen MR) is 66.5 cm³/mol. The molecule has 0 spiro atoms. The fourth-order valence-corrected chi connectivity index (χ4v) is 2.17. The van der Waals surface area contributed by atoms with Gasteiger partial charge in [0.15, 0.2) is 0 Å². The van der Waals surface area contributed by atoms with Gasteiger partial charge in [-0.1, -0.05) is 22.0 Å². The van der Waals surface area contributed by atoms with Crippen molar-refractivity contribution in [3.05, 3.63) is 69.4 Å². The Kier molecular flexibility index (Phi) is 3.73. The van der Waals surface area contributed by atoms with Crippen LogP contribution in [0.4, 0.5) is 13.2 Å². The molecule has 2 aromatic carbocycles. The Bertz CT molecular complexity index is 566. The molecule has 0 aliphatic rings. The lowest BCUT2D eigenvalue weighted by molar-refractivity contribution is 0.564. The summed E-state index contributed by atoms with van der Waals surface area (Å²) < 4.78 is 40.1. The molecule has 0 saturated carbocycles. The topological polar surface area (TPSA) is 26.0 Å². The number of benzene rings is 2. The van der Waals surface area contributed by atoms with E-state index in [9.17, 15) is 13.2 Å². The lowest BCUT2D eigenvalue weighted by atomic mass is 9.99. The number of hydrogen-bond acceptors (Lipinski definition) is 1. The molecule has 0 aliphatic carbocycles. The summed E-state index contributed by atoms with van der Waals surface area (Å²) >= 11 is 3.13. The molecule has 0 amide bonds. The Hall–Kier alpha value is -1.33. The van der Waals surface area contributed by atoms with Gasteiger partial charge >= 0.3 is 0 Å². The Labute approximate surface area is 111 Å². The molecule has 1 atom stereocenters. The van der Waals surface area contributed by atoms with Crippen LogP contribution in [-0.2, 0) is 0 Å². The van der Waals surface area contributed by atoms with Gasteiger partial charge in [0.2, 0.25) is 0 Å². The summed E-state index contributed by atoms with van der Waals surface area (Å²) in [5.41, 5.74) is 6.38. The van der Waals surface area contributed by atoms with Gasteiger partial charge in [0, 0.05) is 16.1 Å². The van der Waals surface area contributed by atoms with Gasteiger partial charge in [0.25, 0.3) is 0 Å². The number of rotatable bonds is 2. The smallest absolute Gasteiger partial charge is 0.131 e. The van der Waals surface area contributed by atoms with Crippen LogP contribution in [-0.4, -0.2) is 0 Å². The van der Waals surface area contributed by atoms with Crippen molar-refractivity contribution in [3.8, 4) is 0 Å². The van der Waals surface area contributed by atoms with Crippen LogP contribution in [0.3, 0.4) is 0 Å². The highest BCUT2D eigenvalue weighted by Crippen LogP contribution is 2.26. The molecule has 0 bridgehead atoms. The first-order chi connectivity index (χ1) is 8.47. The Morgan fingerprint density at radius 3 is 2.28 bits per heavy atom. The highest BCUT2D eigenvalue weighted by Gasteiger charge is 2.15. The summed E-state index contributed by atoms with van der Waals surface area (Å²) in [5.74, 6) is -1.90. The van der Waals surface area contributed by atoms with Gasteiger partial charge in [-0.2, -0.15) is 0 Å². The summed E-state index contributed by atoms with van der Waals surface area (Å²) in [6, 6.07) is 6.37. The first kappa shape index (κ1) is 13.1. The van der Waals surface area contributed by atoms with Gasteiger partial charge in [0.1, 0.15) is 17.5 Å². The number of nitrogens with two attached hydrogens (primary N) is 1. The van der Waals surface area contributed by atoms with E-state index in [0.717, 1.165) is 12.1 Å². The van der Waals surface area contributed by atoms with E-state index >= 15 is 0 Å². The van der Waals surface area contributed by atoms with Crippen molar-refractivity contribution in [2.45, 2.75) is 6.04 Å². The third-order valence-electron chi connectivity index (χ3n) is 2.54. The highest BCUT2D eigenvalue weighted by atomic mass is 79.9. The summed E-state index contributed by atoms with van der Waals surface area (Å²) in [6.07, 6.45) is 0. The van der Waals surface area contributed by atoms with Crippen LogP contribution in [0, 0.1) is 17.5 Å². The highest BCUT2D eigenvalue weighted by molar-refractivity contribution is 9.10. The monoisotopic (exact) mass is 315 g/mol. The molecule has 2 aromatic rings. The normalized spacial score (nSPS) is 12.5. The van der Waals surface area contributed by atoms with Crippen LogP contribution in [0.2, 0.25) is 0 Å². The van der Waals surface area contributed by atoms with Gasteiger partial charge in [-0.25, -0.2) is 13.2 Å². The Morgan fingerprint density at radius 1 is 0.944 bits per heavy atom. The maximum atomic E-state index is 13.6. The van der Waals surface area contributed by atoms with Gasteiger partial charge in [-0.15, -0.1) is 0 Å². The molecule has 0 aromatic heterocycles. The zero-order valence-electron chi connectivity index (χ0n) is 9.13. The van der Waals surface area contributed by atoms with Crippen LogP contribution < -0.4 is 5.73 Å². The summed E-state index contributed by atoms with van der Waals surface area (Å²) in [6.45, 7) is 0. The Morgan fingerprint density at radius 2 is 1.67 bits per heavy atom. The van der Waals surface area contributed by atoms with E-state index in [1.807, 2.05) is 0 Å². The van der Waals surface area contributed by atoms with E-state index in [-0.39, 0.29) is 5.56 Å². The van der Waals surface area contributed by atoms with Crippen molar-refractivity contribution in [2.75, 3.05) is 0 Å². The summed E-state index contributed by atoms with van der Waals surface area (Å²) in [4.78, 5) is 0. The molecule has 2 N–H and O–H groups in total. The average molecular weight is 316 g/mol. The lowest BCUT2D eigenvalue weighted by Crippen LogP contribution is -2.14. The molecular weight excluding hydrogens is 307 g/mol. The first-order valence-corrected chi connectivity index (χ1v) is 5.93. The molecule has 0 heterocycles. The number of hydrogen-bond donors (Lipinski definition) is 1. The molecule has 0 fully saturated rings. The quantitative estimate of drug-likeness (QED) is 0.893. The van der Waals surface area contributed by atoms with E-state index < -0.39 is 23.5 Å². The molecule has 1 unspecified atom stereocenters. The zero-order chi connectivity index (χ0) is 13.3. The van der Waals surface area contributed by atoms with E-state index in [4.69, 9.17) is 5.73 Å². The predicted octanol–water partition coefficient (Wildman–Crippen LogP) is 3.91. The van der Waals surface area contributed by atoms with Crippen LogP contribution in [0.25, 0.3) is 0 Å². The van der Waals surface area contributed by atoms with E-state index in [2.05, 4.69) is 15.9 Å². The van der Waals surface area contributed by atoms with Crippen LogP contribution in [0.15, 0.2) is 40.9 Å². The molecule has 0 saturated heterocycles. The van der Waals surface area contributed by atoms with Gasteiger partial charge in [-0.3, -0.25) is 0 Å². The molecule has 0 radical (unpaired) electrons. The largest absolute Gasteiger partial charge is 0.320 e. The van der Waals surface area contributed by atoms with Crippen LogP contribution in [0.5, 0.6) is 0 Å². The standard InChI is InChI=1S/C13H9BrF3N/c14-8-3-7(4-10(16)5-8)13(18)11-2-1-9(15)6-12(11)17/h1-6,13H,18H2. The molecule has 94 valence electrons. The summed E-state index contributed by atoms with van der Waals surface area (Å²) in [7, 11) is 0. The van der Waals surface area contributed by atoms with Gasteiger partial charge in [-0.05, 0) is 29.8 Å². The second-order valence-electron chi connectivity index (χ2n) is 3.85. The SMILES string of the molecule is NC(c1cc(F)cc(Br)c1)c1ccc(F)cc1F. The van der Waals surface area contributed by atoms with Crippen molar-refractivity contribution in [3.63, 3.8) is 0 Å². The van der Waals surface area contributed by atoms with E-state index in [1.165, 1.54) is 18.2 Å². The number of halogens is 4.